The third kappa shape index (κ3) is 8.89. The number of rotatable bonds is 12. The molecule has 3 rings (SSSR count). The fraction of sp³-hybridized carbons (Fsp3) is 0.323. The minimum Gasteiger partial charge on any atom is -0.497 e. The van der Waals surface area contributed by atoms with Crippen LogP contribution in [0.15, 0.2) is 60.7 Å². The van der Waals surface area contributed by atoms with E-state index in [2.05, 4.69) is 10.6 Å². The van der Waals surface area contributed by atoms with E-state index >= 15 is 0 Å². The molecule has 0 heterocycles. The molecular formula is C31H37N3O7. The fourth-order valence-electron chi connectivity index (χ4n) is 3.82. The van der Waals surface area contributed by atoms with Crippen LogP contribution in [0.3, 0.4) is 0 Å². The first-order valence-corrected chi connectivity index (χ1v) is 13.2. The summed E-state index contributed by atoms with van der Waals surface area (Å²) in [4.78, 5) is 38.5. The smallest absolute Gasteiger partial charge is 0.407 e. The van der Waals surface area contributed by atoms with Crippen LogP contribution >= 0.6 is 0 Å². The lowest BCUT2D eigenvalue weighted by Crippen LogP contribution is -2.33. The Balaban J connectivity index is 1.73. The van der Waals surface area contributed by atoms with E-state index < -0.39 is 17.6 Å². The number of hydrogen-bond acceptors (Lipinski definition) is 8. The number of unbranched alkanes of at least 4 members (excludes halogenated alkanes) is 1. The summed E-state index contributed by atoms with van der Waals surface area (Å²) in [6.07, 6.45) is 0.779. The van der Waals surface area contributed by atoms with Crippen LogP contribution in [0.1, 0.15) is 59.9 Å². The summed E-state index contributed by atoms with van der Waals surface area (Å²) in [5, 5.41) is 5.49. The van der Waals surface area contributed by atoms with Gasteiger partial charge in [0.25, 0.3) is 5.91 Å². The average molecular weight is 564 g/mol. The summed E-state index contributed by atoms with van der Waals surface area (Å²) in [5.41, 5.74) is 6.95. The number of carbonyl (C=O) groups is 3. The number of anilines is 2. The molecule has 0 aliphatic rings. The monoisotopic (exact) mass is 563 g/mol. The lowest BCUT2D eigenvalue weighted by Gasteiger charge is -2.19. The molecule has 3 aromatic carbocycles. The number of hydrogen-bond donors (Lipinski definition) is 3. The number of amides is 2. The van der Waals surface area contributed by atoms with E-state index in [1.54, 1.807) is 88.5 Å². The molecule has 0 aliphatic carbocycles. The van der Waals surface area contributed by atoms with Crippen molar-refractivity contribution in [2.75, 3.05) is 38.4 Å². The minimum absolute atomic E-state index is 0.202. The maximum Gasteiger partial charge on any atom is 0.407 e. The van der Waals surface area contributed by atoms with Gasteiger partial charge in [-0.05, 0) is 82.1 Å². The Morgan fingerprint density at radius 1 is 0.854 bits per heavy atom. The van der Waals surface area contributed by atoms with Crippen LogP contribution in [0.25, 0.3) is 0 Å². The van der Waals surface area contributed by atoms with E-state index in [4.69, 9.17) is 24.7 Å². The zero-order valence-corrected chi connectivity index (χ0v) is 24.0. The second-order valence-corrected chi connectivity index (χ2v) is 10.1. The van der Waals surface area contributed by atoms with Crippen molar-refractivity contribution < 1.29 is 33.3 Å². The number of nitrogen functional groups attached to an aromatic ring is 1. The summed E-state index contributed by atoms with van der Waals surface area (Å²) < 4.78 is 21.7. The molecule has 0 spiro atoms. The third-order valence-corrected chi connectivity index (χ3v) is 5.86. The molecule has 2 amide bonds. The normalized spacial score (nSPS) is 10.9. The highest BCUT2D eigenvalue weighted by Gasteiger charge is 2.22. The first-order chi connectivity index (χ1) is 19.5. The van der Waals surface area contributed by atoms with Gasteiger partial charge in [0.1, 0.15) is 22.8 Å². The van der Waals surface area contributed by atoms with Crippen molar-refractivity contribution >= 4 is 29.2 Å². The van der Waals surface area contributed by atoms with Crippen LogP contribution in [0.2, 0.25) is 0 Å². The van der Waals surface area contributed by atoms with Crippen molar-refractivity contribution in [2.45, 2.75) is 39.2 Å². The summed E-state index contributed by atoms with van der Waals surface area (Å²) >= 11 is 0. The predicted molar refractivity (Wildman–Crippen MR) is 157 cm³/mol. The molecule has 0 atom stereocenters. The largest absolute Gasteiger partial charge is 0.497 e. The summed E-state index contributed by atoms with van der Waals surface area (Å²) in [6.45, 7) is 6.11. The van der Waals surface area contributed by atoms with Crippen molar-refractivity contribution in [3.63, 3.8) is 0 Å². The van der Waals surface area contributed by atoms with Gasteiger partial charge in [-0.25, -0.2) is 4.79 Å². The van der Waals surface area contributed by atoms with Gasteiger partial charge in [-0.1, -0.05) is 6.07 Å². The van der Waals surface area contributed by atoms with Crippen LogP contribution in [0, 0.1) is 0 Å². The Bertz CT molecular complexity index is 1370. The van der Waals surface area contributed by atoms with Crippen molar-refractivity contribution in [3.05, 3.63) is 77.4 Å². The number of methoxy groups -OCH3 is 2. The number of nitrogens with one attached hydrogen (secondary N) is 2. The first-order valence-electron chi connectivity index (χ1n) is 13.2. The Labute approximate surface area is 240 Å². The molecule has 10 nitrogen and oxygen atoms in total. The minimum atomic E-state index is -0.565. The molecule has 218 valence electrons. The Kier molecular flexibility index (Phi) is 10.6. The fourth-order valence-corrected chi connectivity index (χ4v) is 3.82. The van der Waals surface area contributed by atoms with Crippen LogP contribution in [0.5, 0.6) is 17.2 Å². The third-order valence-electron chi connectivity index (χ3n) is 5.86. The summed E-state index contributed by atoms with van der Waals surface area (Å²) in [6, 6.07) is 16.3. The van der Waals surface area contributed by atoms with Crippen LogP contribution in [-0.4, -0.2) is 50.8 Å². The van der Waals surface area contributed by atoms with Crippen molar-refractivity contribution in [2.24, 2.45) is 0 Å². The van der Waals surface area contributed by atoms with Crippen molar-refractivity contribution in [1.82, 2.24) is 5.32 Å². The number of carbonyl (C=O) groups excluding carboxylic acids is 3. The molecule has 0 saturated carbocycles. The quantitative estimate of drug-likeness (QED) is 0.150. The second-order valence-electron chi connectivity index (χ2n) is 10.1. The zero-order valence-electron chi connectivity index (χ0n) is 24.0. The second kappa shape index (κ2) is 14.1. The summed E-state index contributed by atoms with van der Waals surface area (Å²) in [5.74, 6) is 0.647. The first kappa shape index (κ1) is 30.8. The molecule has 0 radical (unpaired) electrons. The topological polar surface area (TPSA) is 138 Å². The molecule has 0 saturated heterocycles. The Morgan fingerprint density at radius 3 is 2.20 bits per heavy atom. The molecule has 0 aromatic heterocycles. The molecule has 10 heteroatoms. The SMILES string of the molecule is COc1ccc(C(=O)Nc2c(N)cccc2C(=O)c2ccc(OC)cc2OCCCCNC(=O)OC(C)(C)C)cc1. The van der Waals surface area contributed by atoms with E-state index in [0.717, 1.165) is 0 Å². The van der Waals surface area contributed by atoms with E-state index in [1.807, 2.05) is 0 Å². The van der Waals surface area contributed by atoms with Crippen LogP contribution < -0.4 is 30.6 Å². The van der Waals surface area contributed by atoms with Crippen LogP contribution in [0.4, 0.5) is 16.2 Å². The Morgan fingerprint density at radius 2 is 1.54 bits per heavy atom. The van der Waals surface area contributed by atoms with Gasteiger partial charge in [-0.3, -0.25) is 9.59 Å². The highest BCUT2D eigenvalue weighted by atomic mass is 16.6. The van der Waals surface area contributed by atoms with Gasteiger partial charge in [0, 0.05) is 23.7 Å². The molecule has 0 unspecified atom stereocenters. The van der Waals surface area contributed by atoms with Gasteiger partial charge >= 0.3 is 6.09 Å². The standard InChI is InChI=1S/C31H37N3O7/c1-31(2,3)41-30(37)33-17-6-7-18-40-26-19-22(39-5)15-16-23(26)28(35)24-9-8-10-25(32)27(24)34-29(36)20-11-13-21(38-4)14-12-20/h8-16,19H,6-7,17-18,32H2,1-5H3,(H,33,37)(H,34,36). The van der Waals surface area contributed by atoms with Gasteiger partial charge in [-0.15, -0.1) is 0 Å². The van der Waals surface area contributed by atoms with Gasteiger partial charge in [0.05, 0.1) is 37.8 Å². The number of benzene rings is 3. The van der Waals surface area contributed by atoms with E-state index in [9.17, 15) is 14.4 Å². The lowest BCUT2D eigenvalue weighted by molar-refractivity contribution is 0.0526. The van der Waals surface area contributed by atoms with E-state index in [0.29, 0.717) is 48.8 Å². The van der Waals surface area contributed by atoms with Crippen molar-refractivity contribution in [3.8, 4) is 17.2 Å². The lowest BCUT2D eigenvalue weighted by atomic mass is 9.99. The molecule has 0 fully saturated rings. The molecule has 3 aromatic rings. The summed E-state index contributed by atoms with van der Waals surface area (Å²) in [7, 11) is 3.06. The predicted octanol–water partition coefficient (Wildman–Crippen LogP) is 5.45. The Hall–Kier alpha value is -4.73. The highest BCUT2D eigenvalue weighted by molar-refractivity contribution is 6.18. The van der Waals surface area contributed by atoms with Gasteiger partial charge in [-0.2, -0.15) is 0 Å². The maximum absolute atomic E-state index is 13.8. The van der Waals surface area contributed by atoms with Gasteiger partial charge < -0.3 is 35.3 Å². The van der Waals surface area contributed by atoms with Crippen LogP contribution in [-0.2, 0) is 4.74 Å². The number of alkyl carbamates (subject to hydrolysis) is 1. The maximum atomic E-state index is 13.8. The average Bonchev–Trinajstić information content (AvgIpc) is 2.94. The highest BCUT2D eigenvalue weighted by Crippen LogP contribution is 2.32. The molecule has 0 aliphatic heterocycles. The van der Waals surface area contributed by atoms with Crippen molar-refractivity contribution in [1.29, 1.82) is 0 Å². The van der Waals surface area contributed by atoms with Gasteiger partial charge in [0.15, 0.2) is 5.78 Å². The number of para-hydroxylation sites is 1. The van der Waals surface area contributed by atoms with E-state index in [-0.39, 0.29) is 28.3 Å². The number of nitrogens with two attached hydrogens (primary N) is 1. The molecule has 41 heavy (non-hydrogen) atoms. The zero-order chi connectivity index (χ0) is 30.0. The molecular weight excluding hydrogens is 526 g/mol. The van der Waals surface area contributed by atoms with E-state index in [1.165, 1.54) is 7.11 Å². The van der Waals surface area contributed by atoms with Gasteiger partial charge in [0.2, 0.25) is 0 Å². The molecule has 4 N–H and O–H groups in total. The number of ketones is 1. The molecule has 0 bridgehead atoms. The number of ether oxygens (including phenoxy) is 4.